The van der Waals surface area contributed by atoms with E-state index in [1.165, 1.54) is 7.11 Å². The number of benzene rings is 2. The first-order chi connectivity index (χ1) is 15.4. The topological polar surface area (TPSA) is 140 Å². The zero-order valence-electron chi connectivity index (χ0n) is 17.4. The molecule has 1 amide bonds. The van der Waals surface area contributed by atoms with Gasteiger partial charge in [-0.1, -0.05) is 60.7 Å². The summed E-state index contributed by atoms with van der Waals surface area (Å²) >= 11 is 0. The van der Waals surface area contributed by atoms with Crippen molar-refractivity contribution in [2.75, 3.05) is 7.11 Å². The third kappa shape index (κ3) is 8.44. The van der Waals surface area contributed by atoms with Gasteiger partial charge in [0.05, 0.1) is 13.5 Å². The summed E-state index contributed by atoms with van der Waals surface area (Å²) in [4.78, 5) is 52.4. The number of alkyl carbamates (subject to hydrolysis) is 1. The molecule has 0 aliphatic heterocycles. The van der Waals surface area contributed by atoms with Crippen LogP contribution in [0.1, 0.15) is 17.5 Å². The number of rotatable bonds is 11. The Bertz CT molecular complexity index is 905. The van der Waals surface area contributed by atoms with E-state index in [1.54, 1.807) is 54.6 Å². The molecule has 3 N–H and O–H groups in total. The molecule has 2 aromatic rings. The van der Waals surface area contributed by atoms with Crippen LogP contribution in [0.4, 0.5) is 4.79 Å². The average molecular weight is 444 g/mol. The zero-order valence-corrected chi connectivity index (χ0v) is 17.4. The minimum absolute atomic E-state index is 0.0682. The number of carbonyl (C=O) groups excluding carboxylic acids is 3. The molecular weight excluding hydrogens is 420 g/mol. The number of methoxy groups -OCH3 is 1. The number of carboxylic acid groups (broad SMARTS) is 1. The molecule has 0 bridgehead atoms. The first kappa shape index (κ1) is 24.4. The first-order valence-electron chi connectivity index (χ1n) is 9.66. The van der Waals surface area contributed by atoms with E-state index in [1.807, 2.05) is 6.07 Å². The Morgan fingerprint density at radius 3 is 2.03 bits per heavy atom. The van der Waals surface area contributed by atoms with Crippen LogP contribution in [0.2, 0.25) is 0 Å². The fourth-order valence-corrected chi connectivity index (χ4v) is 2.64. The van der Waals surface area contributed by atoms with Crippen molar-refractivity contribution in [2.24, 2.45) is 0 Å². The van der Waals surface area contributed by atoms with Crippen LogP contribution in [-0.2, 0) is 41.7 Å². The number of ether oxygens (including phenoxy) is 2. The number of hydroxylamine groups is 1. The Hall–Kier alpha value is -3.92. The molecule has 170 valence electrons. The highest BCUT2D eigenvalue weighted by molar-refractivity contribution is 5.86. The molecule has 0 radical (unpaired) electrons. The molecule has 32 heavy (non-hydrogen) atoms. The molecule has 10 heteroatoms. The lowest BCUT2D eigenvalue weighted by molar-refractivity contribution is -0.162. The van der Waals surface area contributed by atoms with Gasteiger partial charge in [0, 0.05) is 6.42 Å². The fraction of sp³-hybridized carbons (Fsp3) is 0.273. The van der Waals surface area contributed by atoms with Crippen LogP contribution >= 0.6 is 0 Å². The van der Waals surface area contributed by atoms with E-state index < -0.39 is 42.5 Å². The molecule has 2 atom stereocenters. The van der Waals surface area contributed by atoms with Crippen molar-refractivity contribution in [3.8, 4) is 0 Å². The lowest BCUT2D eigenvalue weighted by Crippen LogP contribution is -2.48. The Balaban J connectivity index is 1.95. The largest absolute Gasteiger partial charge is 0.481 e. The Morgan fingerprint density at radius 2 is 1.47 bits per heavy atom. The summed E-state index contributed by atoms with van der Waals surface area (Å²) in [7, 11) is 1.18. The summed E-state index contributed by atoms with van der Waals surface area (Å²) < 4.78 is 9.71. The number of esters is 1. The predicted octanol–water partition coefficient (Wildman–Crippen LogP) is 1.59. The second-order valence-corrected chi connectivity index (χ2v) is 6.66. The van der Waals surface area contributed by atoms with Gasteiger partial charge in [-0.05, 0) is 11.1 Å². The maximum atomic E-state index is 12.4. The van der Waals surface area contributed by atoms with Gasteiger partial charge in [-0.15, -0.1) is 5.48 Å². The quantitative estimate of drug-likeness (QED) is 0.268. The molecule has 0 saturated heterocycles. The number of hydrogen-bond acceptors (Lipinski definition) is 8. The number of hydrogen-bond donors (Lipinski definition) is 3. The molecule has 0 aliphatic carbocycles. The molecule has 10 nitrogen and oxygen atoms in total. The second kappa shape index (κ2) is 12.7. The van der Waals surface area contributed by atoms with Gasteiger partial charge < -0.3 is 24.7 Å². The maximum absolute atomic E-state index is 12.4. The molecule has 0 spiro atoms. The Labute approximate surface area is 184 Å². The van der Waals surface area contributed by atoms with Crippen molar-refractivity contribution in [2.45, 2.75) is 31.5 Å². The third-order valence-corrected chi connectivity index (χ3v) is 4.24. The zero-order chi connectivity index (χ0) is 23.3. The van der Waals surface area contributed by atoms with E-state index in [0.29, 0.717) is 5.56 Å². The summed E-state index contributed by atoms with van der Waals surface area (Å²) in [6, 6.07) is 15.1. The van der Waals surface area contributed by atoms with Crippen molar-refractivity contribution in [3.63, 3.8) is 0 Å². The third-order valence-electron chi connectivity index (χ3n) is 4.24. The van der Waals surface area contributed by atoms with Gasteiger partial charge in [0.1, 0.15) is 18.7 Å². The normalized spacial score (nSPS) is 12.2. The van der Waals surface area contributed by atoms with Gasteiger partial charge in [0.2, 0.25) is 0 Å². The van der Waals surface area contributed by atoms with E-state index in [4.69, 9.17) is 19.4 Å². The van der Waals surface area contributed by atoms with E-state index in [2.05, 4.69) is 10.8 Å². The minimum atomic E-state index is -1.54. The van der Waals surface area contributed by atoms with E-state index >= 15 is 0 Å². The molecule has 2 rings (SSSR count). The lowest BCUT2D eigenvalue weighted by atomic mass is 10.1. The summed E-state index contributed by atoms with van der Waals surface area (Å²) in [6.45, 7) is -0.0682. The molecule has 0 heterocycles. The van der Waals surface area contributed by atoms with E-state index in [9.17, 15) is 19.2 Å². The van der Waals surface area contributed by atoms with Crippen LogP contribution in [0.15, 0.2) is 60.7 Å². The lowest BCUT2D eigenvalue weighted by Gasteiger charge is -2.19. The molecule has 0 saturated carbocycles. The van der Waals surface area contributed by atoms with E-state index in [0.717, 1.165) is 5.56 Å². The SMILES string of the molecule is COC(=O)[C@H](Cc1ccccc1)NOC(=O)[C@H](CC(=O)O)NC(=O)OCc1ccccc1. The predicted molar refractivity (Wildman–Crippen MR) is 111 cm³/mol. The van der Waals surface area contributed by atoms with Crippen molar-refractivity contribution in [1.82, 2.24) is 10.8 Å². The van der Waals surface area contributed by atoms with Crippen LogP contribution in [-0.4, -0.2) is 48.3 Å². The maximum Gasteiger partial charge on any atom is 0.408 e. The smallest absolute Gasteiger partial charge is 0.408 e. The first-order valence-corrected chi connectivity index (χ1v) is 9.66. The van der Waals surface area contributed by atoms with Crippen LogP contribution in [0.5, 0.6) is 0 Å². The molecule has 0 fully saturated rings. The summed E-state index contributed by atoms with van der Waals surface area (Å²) in [5.41, 5.74) is 3.78. The molecule has 2 aromatic carbocycles. The van der Waals surface area contributed by atoms with Crippen LogP contribution in [0.3, 0.4) is 0 Å². The Morgan fingerprint density at radius 1 is 0.875 bits per heavy atom. The Kier molecular flexibility index (Phi) is 9.67. The van der Waals surface area contributed by atoms with Crippen molar-refractivity contribution < 1.29 is 38.6 Å². The summed E-state index contributed by atoms with van der Waals surface area (Å²) in [6.07, 6.45) is -1.59. The molecule has 0 aliphatic rings. The molecule has 0 unspecified atom stereocenters. The fourth-order valence-electron chi connectivity index (χ4n) is 2.64. The second-order valence-electron chi connectivity index (χ2n) is 6.66. The number of amides is 1. The average Bonchev–Trinajstić information content (AvgIpc) is 2.80. The van der Waals surface area contributed by atoms with Crippen LogP contribution in [0.25, 0.3) is 0 Å². The highest BCUT2D eigenvalue weighted by atomic mass is 16.7. The number of aliphatic carboxylic acids is 1. The number of carboxylic acids is 1. The summed E-state index contributed by atoms with van der Waals surface area (Å²) in [5.74, 6) is -3.14. The van der Waals surface area contributed by atoms with Gasteiger partial charge in [0.15, 0.2) is 0 Å². The van der Waals surface area contributed by atoms with Gasteiger partial charge in [-0.2, -0.15) is 0 Å². The van der Waals surface area contributed by atoms with Crippen molar-refractivity contribution in [1.29, 1.82) is 0 Å². The number of nitrogens with one attached hydrogen (secondary N) is 2. The highest BCUT2D eigenvalue weighted by Crippen LogP contribution is 2.06. The van der Waals surface area contributed by atoms with Gasteiger partial charge in [-0.3, -0.25) is 9.59 Å². The van der Waals surface area contributed by atoms with E-state index in [-0.39, 0.29) is 13.0 Å². The van der Waals surface area contributed by atoms with Gasteiger partial charge >= 0.3 is 24.0 Å². The monoisotopic (exact) mass is 444 g/mol. The van der Waals surface area contributed by atoms with Gasteiger partial charge in [-0.25, -0.2) is 9.59 Å². The van der Waals surface area contributed by atoms with Gasteiger partial charge in [0.25, 0.3) is 0 Å². The molecular formula is C22H24N2O8. The van der Waals surface area contributed by atoms with Crippen LogP contribution in [0, 0.1) is 0 Å². The van der Waals surface area contributed by atoms with Crippen LogP contribution < -0.4 is 10.8 Å². The summed E-state index contributed by atoms with van der Waals surface area (Å²) in [5, 5.41) is 11.2. The number of carbonyl (C=O) groups is 4. The molecule has 0 aromatic heterocycles. The highest BCUT2D eigenvalue weighted by Gasteiger charge is 2.28. The van der Waals surface area contributed by atoms with Crippen molar-refractivity contribution >= 4 is 24.0 Å². The van der Waals surface area contributed by atoms with Crippen molar-refractivity contribution in [3.05, 3.63) is 71.8 Å². The standard InChI is InChI=1S/C22H24N2O8/c1-30-20(27)18(12-15-8-4-2-5-9-15)24-32-21(28)17(13-19(25)26)23-22(29)31-14-16-10-6-3-7-11-16/h2-11,17-18,24H,12-14H2,1H3,(H,23,29)(H,25,26)/t17-,18-/m0/s1. The minimum Gasteiger partial charge on any atom is -0.481 e.